The van der Waals surface area contributed by atoms with Crippen LogP contribution < -0.4 is 5.73 Å². The van der Waals surface area contributed by atoms with Crippen molar-refractivity contribution in [1.29, 1.82) is 0 Å². The number of ketones is 1. The molecule has 0 aliphatic heterocycles. The Balaban J connectivity index is 2.16. The van der Waals surface area contributed by atoms with Gasteiger partial charge in [-0.05, 0) is 25.2 Å². The summed E-state index contributed by atoms with van der Waals surface area (Å²) in [5.74, 6) is -0.0406. The molecule has 2 N–H and O–H groups in total. The average Bonchev–Trinajstić information content (AvgIpc) is 2.46. The van der Waals surface area contributed by atoms with Gasteiger partial charge in [-0.15, -0.1) is 0 Å². The maximum Gasteiger partial charge on any atom is 0.185 e. The summed E-state index contributed by atoms with van der Waals surface area (Å²) < 4.78 is 5.77. The number of rotatable bonds is 5. The first-order valence-corrected chi connectivity index (χ1v) is 6.68. The van der Waals surface area contributed by atoms with Crippen molar-refractivity contribution in [2.75, 3.05) is 0 Å². The summed E-state index contributed by atoms with van der Waals surface area (Å²) in [5.41, 5.74) is 5.76. The minimum Gasteiger partial charge on any atom is -0.349 e. The van der Waals surface area contributed by atoms with Crippen molar-refractivity contribution in [1.82, 2.24) is 0 Å². The van der Waals surface area contributed by atoms with Crippen LogP contribution >= 0.6 is 0 Å². The summed E-state index contributed by atoms with van der Waals surface area (Å²) in [6.45, 7) is 1.78. The highest BCUT2D eigenvalue weighted by Gasteiger charge is 2.26. The third-order valence-electron chi connectivity index (χ3n) is 3.04. The number of benzene rings is 1. The molecule has 0 saturated heterocycles. The number of ether oxygens (including phenoxy) is 1. The van der Waals surface area contributed by atoms with Gasteiger partial charge in [-0.25, -0.2) is 0 Å². The molecule has 0 fully saturated rings. The van der Waals surface area contributed by atoms with E-state index in [4.69, 9.17) is 10.5 Å². The van der Waals surface area contributed by atoms with Gasteiger partial charge in [0, 0.05) is 12.0 Å². The van der Waals surface area contributed by atoms with Crippen LogP contribution in [0, 0.1) is 0 Å². The van der Waals surface area contributed by atoms with E-state index in [2.05, 4.69) is 0 Å². The van der Waals surface area contributed by atoms with Gasteiger partial charge in [-0.2, -0.15) is 0 Å². The Kier molecular flexibility index (Phi) is 4.66. The molecule has 1 aromatic carbocycles. The normalized spacial score (nSPS) is 23.1. The molecule has 0 bridgehead atoms. The molecule has 3 heteroatoms. The summed E-state index contributed by atoms with van der Waals surface area (Å²) in [6.07, 6.45) is 11.4. The van der Waals surface area contributed by atoms with Gasteiger partial charge in [0.25, 0.3) is 0 Å². The SMILES string of the molecule is CC(N)OC1(C=CC(=O)c2ccccc2)C=CC=CC1. The van der Waals surface area contributed by atoms with Crippen LogP contribution in [0.2, 0.25) is 0 Å². The Morgan fingerprint density at radius 2 is 2.10 bits per heavy atom. The van der Waals surface area contributed by atoms with Crippen molar-refractivity contribution >= 4 is 5.78 Å². The van der Waals surface area contributed by atoms with Gasteiger partial charge in [-0.1, -0.05) is 48.6 Å². The zero-order chi connectivity index (χ0) is 14.4. The maximum atomic E-state index is 12.1. The van der Waals surface area contributed by atoms with Crippen LogP contribution in [0.3, 0.4) is 0 Å². The highest BCUT2D eigenvalue weighted by Crippen LogP contribution is 2.25. The molecule has 2 rings (SSSR count). The first-order chi connectivity index (χ1) is 9.61. The van der Waals surface area contributed by atoms with E-state index in [-0.39, 0.29) is 5.78 Å². The Hall–Kier alpha value is -1.97. The van der Waals surface area contributed by atoms with Crippen molar-refractivity contribution in [2.24, 2.45) is 5.73 Å². The van der Waals surface area contributed by atoms with Gasteiger partial charge in [-0.3, -0.25) is 4.79 Å². The first kappa shape index (κ1) is 14.4. The smallest absolute Gasteiger partial charge is 0.185 e. The zero-order valence-electron chi connectivity index (χ0n) is 11.5. The zero-order valence-corrected chi connectivity index (χ0v) is 11.5. The van der Waals surface area contributed by atoms with Crippen LogP contribution in [0.5, 0.6) is 0 Å². The van der Waals surface area contributed by atoms with Crippen LogP contribution in [0.25, 0.3) is 0 Å². The van der Waals surface area contributed by atoms with E-state index in [0.717, 1.165) is 0 Å². The molecule has 1 aliphatic rings. The van der Waals surface area contributed by atoms with Crippen LogP contribution in [0.4, 0.5) is 0 Å². The highest BCUT2D eigenvalue weighted by molar-refractivity contribution is 6.04. The van der Waals surface area contributed by atoms with Gasteiger partial charge in [0.05, 0.1) is 0 Å². The molecule has 1 aromatic rings. The van der Waals surface area contributed by atoms with Crippen LogP contribution in [-0.2, 0) is 4.74 Å². The largest absolute Gasteiger partial charge is 0.349 e. The molecule has 0 heterocycles. The van der Waals surface area contributed by atoms with Crippen molar-refractivity contribution in [2.45, 2.75) is 25.2 Å². The second-order valence-electron chi connectivity index (χ2n) is 4.83. The molecule has 0 aromatic heterocycles. The molecule has 2 atom stereocenters. The summed E-state index contributed by atoms with van der Waals surface area (Å²) in [5, 5.41) is 0. The van der Waals surface area contributed by atoms with E-state index in [1.54, 1.807) is 31.2 Å². The van der Waals surface area contributed by atoms with Gasteiger partial charge in [0.1, 0.15) is 11.8 Å². The molecule has 0 saturated carbocycles. The van der Waals surface area contributed by atoms with Gasteiger partial charge in [0.2, 0.25) is 0 Å². The lowest BCUT2D eigenvalue weighted by Gasteiger charge is -2.30. The number of nitrogens with two attached hydrogens (primary N) is 1. The van der Waals surface area contributed by atoms with Gasteiger partial charge >= 0.3 is 0 Å². The van der Waals surface area contributed by atoms with Crippen LogP contribution in [0.15, 0.2) is 66.8 Å². The predicted octanol–water partition coefficient (Wildman–Crippen LogP) is 3.00. The minimum atomic E-state index is -0.632. The monoisotopic (exact) mass is 269 g/mol. The second-order valence-corrected chi connectivity index (χ2v) is 4.83. The summed E-state index contributed by atoms with van der Waals surface area (Å²) in [6, 6.07) is 9.16. The number of hydrogen-bond donors (Lipinski definition) is 1. The molecule has 2 unspecified atom stereocenters. The fourth-order valence-electron chi connectivity index (χ4n) is 2.13. The first-order valence-electron chi connectivity index (χ1n) is 6.68. The number of hydrogen-bond acceptors (Lipinski definition) is 3. The number of carbonyl (C=O) groups excluding carboxylic acids is 1. The lowest BCUT2D eigenvalue weighted by atomic mass is 9.93. The van der Waals surface area contributed by atoms with E-state index in [9.17, 15) is 4.79 Å². The van der Waals surface area contributed by atoms with Crippen LogP contribution in [-0.4, -0.2) is 17.6 Å². The van der Waals surface area contributed by atoms with Crippen LogP contribution in [0.1, 0.15) is 23.7 Å². The Morgan fingerprint density at radius 1 is 1.35 bits per heavy atom. The standard InChI is InChI=1S/C17H19NO2/c1-14(18)20-17(11-6-3-7-12-17)13-10-16(19)15-8-4-2-5-9-15/h2-11,13-14H,12,18H2,1H3. The average molecular weight is 269 g/mol. The molecule has 1 aliphatic carbocycles. The third kappa shape index (κ3) is 3.76. The van der Waals surface area contributed by atoms with E-state index in [0.29, 0.717) is 12.0 Å². The summed E-state index contributed by atoms with van der Waals surface area (Å²) in [7, 11) is 0. The summed E-state index contributed by atoms with van der Waals surface area (Å²) >= 11 is 0. The summed E-state index contributed by atoms with van der Waals surface area (Å²) in [4.78, 5) is 12.1. The molecular formula is C17H19NO2. The predicted molar refractivity (Wildman–Crippen MR) is 80.3 cm³/mol. The number of allylic oxidation sites excluding steroid dienone is 3. The topological polar surface area (TPSA) is 52.3 Å². The maximum absolute atomic E-state index is 12.1. The fourth-order valence-corrected chi connectivity index (χ4v) is 2.13. The van der Waals surface area contributed by atoms with Gasteiger partial charge < -0.3 is 10.5 Å². The van der Waals surface area contributed by atoms with Crippen molar-refractivity contribution < 1.29 is 9.53 Å². The van der Waals surface area contributed by atoms with E-state index >= 15 is 0 Å². The van der Waals surface area contributed by atoms with E-state index in [1.807, 2.05) is 42.5 Å². The third-order valence-corrected chi connectivity index (χ3v) is 3.04. The van der Waals surface area contributed by atoms with E-state index < -0.39 is 11.8 Å². The molecule has 0 spiro atoms. The Bertz CT molecular complexity index is 543. The lowest BCUT2D eigenvalue weighted by Crippen LogP contribution is -2.36. The molecule has 20 heavy (non-hydrogen) atoms. The second kappa shape index (κ2) is 6.46. The molecular weight excluding hydrogens is 250 g/mol. The van der Waals surface area contributed by atoms with Gasteiger partial charge in [0.15, 0.2) is 5.78 Å². The fraction of sp³-hybridized carbons (Fsp3) is 0.235. The Labute approximate surface area is 119 Å². The molecule has 3 nitrogen and oxygen atoms in total. The van der Waals surface area contributed by atoms with Crippen molar-refractivity contribution in [3.8, 4) is 0 Å². The molecule has 0 amide bonds. The Morgan fingerprint density at radius 3 is 2.70 bits per heavy atom. The van der Waals surface area contributed by atoms with Crippen molar-refractivity contribution in [3.05, 3.63) is 72.4 Å². The minimum absolute atomic E-state index is 0.0406. The molecule has 0 radical (unpaired) electrons. The quantitative estimate of drug-likeness (QED) is 0.508. The van der Waals surface area contributed by atoms with E-state index in [1.165, 1.54) is 0 Å². The number of carbonyl (C=O) groups is 1. The lowest BCUT2D eigenvalue weighted by molar-refractivity contribution is -0.0204. The van der Waals surface area contributed by atoms with Crippen molar-refractivity contribution in [3.63, 3.8) is 0 Å². The molecule has 104 valence electrons. The highest BCUT2D eigenvalue weighted by atomic mass is 16.5.